The molecule has 2 heteroatoms. The Labute approximate surface area is 62.1 Å². The molecule has 0 aromatic rings. The van der Waals surface area contributed by atoms with Crippen LogP contribution in [0.2, 0.25) is 0 Å². The summed E-state index contributed by atoms with van der Waals surface area (Å²) in [7, 11) is 0. The molecule has 0 spiro atoms. The monoisotopic (exact) mass is 135 g/mol. The van der Waals surface area contributed by atoms with Gasteiger partial charge in [-0.1, -0.05) is 6.92 Å². The van der Waals surface area contributed by atoms with Crippen LogP contribution in [0.4, 0.5) is 0 Å². The summed E-state index contributed by atoms with van der Waals surface area (Å²) >= 11 is 0. The van der Waals surface area contributed by atoms with Crippen molar-refractivity contribution in [3.8, 4) is 12.1 Å². The maximum atomic E-state index is 8.47. The molecule has 0 aromatic carbocycles. The topological polar surface area (TPSA) is 47.6 Å². The van der Waals surface area contributed by atoms with Gasteiger partial charge in [0.2, 0.25) is 0 Å². The van der Waals surface area contributed by atoms with Crippen LogP contribution in [0.15, 0.2) is 0 Å². The highest BCUT2D eigenvalue weighted by molar-refractivity contribution is 4.89. The zero-order valence-corrected chi connectivity index (χ0v) is 6.17. The van der Waals surface area contributed by atoms with E-state index in [0.29, 0.717) is 12.8 Å². The van der Waals surface area contributed by atoms with Crippen molar-refractivity contribution in [3.05, 3.63) is 6.92 Å². The molecule has 0 bridgehead atoms. The smallest absolute Gasteiger partial charge is 0.0656 e. The van der Waals surface area contributed by atoms with E-state index in [0.717, 1.165) is 0 Å². The van der Waals surface area contributed by atoms with Gasteiger partial charge in [-0.2, -0.15) is 10.5 Å². The Balaban J connectivity index is 3.68. The van der Waals surface area contributed by atoms with Gasteiger partial charge in [0.1, 0.15) is 0 Å². The Kier molecular flexibility index (Phi) is 4.33. The minimum absolute atomic E-state index is 0.0219. The molecule has 10 heavy (non-hydrogen) atoms. The fourth-order valence-electron chi connectivity index (χ4n) is 0.715. The SMILES string of the molecule is [CH2]CC(C#N)CC(C)C#N. The lowest BCUT2D eigenvalue weighted by molar-refractivity contribution is 0.529. The van der Waals surface area contributed by atoms with Gasteiger partial charge in [-0.3, -0.25) is 0 Å². The van der Waals surface area contributed by atoms with Crippen LogP contribution < -0.4 is 0 Å². The molecule has 0 rings (SSSR count). The summed E-state index contributed by atoms with van der Waals surface area (Å²) in [6, 6.07) is 4.19. The van der Waals surface area contributed by atoms with Crippen LogP contribution in [0.1, 0.15) is 19.8 Å². The van der Waals surface area contributed by atoms with Gasteiger partial charge in [-0.25, -0.2) is 0 Å². The van der Waals surface area contributed by atoms with Crippen LogP contribution in [-0.2, 0) is 0 Å². The van der Waals surface area contributed by atoms with Gasteiger partial charge in [-0.05, 0) is 19.8 Å². The van der Waals surface area contributed by atoms with Crippen molar-refractivity contribution in [2.24, 2.45) is 11.8 Å². The first-order valence-electron chi connectivity index (χ1n) is 3.33. The summed E-state index contributed by atoms with van der Waals surface area (Å²) in [4.78, 5) is 0. The standard InChI is InChI=1S/C8H11N2/c1-3-8(6-10)4-7(2)5-9/h7-8H,1,3-4H2,2H3. The van der Waals surface area contributed by atoms with E-state index >= 15 is 0 Å². The molecule has 53 valence electrons. The quantitative estimate of drug-likeness (QED) is 0.593. The van der Waals surface area contributed by atoms with Gasteiger partial charge in [0.15, 0.2) is 0 Å². The van der Waals surface area contributed by atoms with Crippen LogP contribution >= 0.6 is 0 Å². The summed E-state index contributed by atoms with van der Waals surface area (Å²) in [6.45, 7) is 5.43. The van der Waals surface area contributed by atoms with E-state index in [1.807, 2.05) is 6.92 Å². The van der Waals surface area contributed by atoms with Gasteiger partial charge in [0, 0.05) is 11.8 Å². The van der Waals surface area contributed by atoms with Gasteiger partial charge in [-0.15, -0.1) is 0 Å². The van der Waals surface area contributed by atoms with Crippen LogP contribution in [0.25, 0.3) is 0 Å². The molecule has 1 radical (unpaired) electrons. The maximum absolute atomic E-state index is 8.47. The van der Waals surface area contributed by atoms with Gasteiger partial charge < -0.3 is 0 Å². The Morgan fingerprint density at radius 1 is 1.40 bits per heavy atom. The van der Waals surface area contributed by atoms with Crippen molar-refractivity contribution in [2.45, 2.75) is 19.8 Å². The summed E-state index contributed by atoms with van der Waals surface area (Å²) < 4.78 is 0. The zero-order valence-electron chi connectivity index (χ0n) is 6.17. The predicted octanol–water partition coefficient (Wildman–Crippen LogP) is 1.90. The lowest BCUT2D eigenvalue weighted by atomic mass is 9.96. The van der Waals surface area contributed by atoms with Crippen molar-refractivity contribution < 1.29 is 0 Å². The second-order valence-corrected chi connectivity index (χ2v) is 2.38. The fraction of sp³-hybridized carbons (Fsp3) is 0.625. The molecule has 0 saturated carbocycles. The van der Waals surface area contributed by atoms with Crippen molar-refractivity contribution >= 4 is 0 Å². The van der Waals surface area contributed by atoms with Crippen molar-refractivity contribution in [2.75, 3.05) is 0 Å². The molecule has 0 saturated heterocycles. The molecule has 0 aromatic heterocycles. The third-order valence-corrected chi connectivity index (χ3v) is 1.39. The summed E-state index contributed by atoms with van der Waals surface area (Å²) in [5.74, 6) is -0.0685. The fourth-order valence-corrected chi connectivity index (χ4v) is 0.715. The molecule has 2 nitrogen and oxygen atoms in total. The third kappa shape index (κ3) is 3.10. The second-order valence-electron chi connectivity index (χ2n) is 2.38. The van der Waals surface area contributed by atoms with Gasteiger partial charge in [0.05, 0.1) is 12.1 Å². The van der Waals surface area contributed by atoms with E-state index in [1.54, 1.807) is 0 Å². The molecule has 0 aliphatic heterocycles. The number of hydrogen-bond donors (Lipinski definition) is 0. The van der Waals surface area contributed by atoms with Crippen molar-refractivity contribution in [1.29, 1.82) is 10.5 Å². The largest absolute Gasteiger partial charge is 0.198 e. The number of rotatable bonds is 3. The van der Waals surface area contributed by atoms with E-state index in [9.17, 15) is 0 Å². The molecule has 0 amide bonds. The molecule has 0 heterocycles. The summed E-state index contributed by atoms with van der Waals surface area (Å²) in [5.41, 5.74) is 0. The number of nitrogens with zero attached hydrogens (tertiary/aromatic N) is 2. The Morgan fingerprint density at radius 3 is 2.30 bits per heavy atom. The van der Waals surface area contributed by atoms with E-state index in [2.05, 4.69) is 19.1 Å². The van der Waals surface area contributed by atoms with E-state index < -0.39 is 0 Å². The highest BCUT2D eigenvalue weighted by Gasteiger charge is 2.08. The van der Waals surface area contributed by atoms with E-state index in [4.69, 9.17) is 10.5 Å². The minimum atomic E-state index is -0.0466. The summed E-state index contributed by atoms with van der Waals surface area (Å²) in [6.07, 6.45) is 1.25. The lowest BCUT2D eigenvalue weighted by Gasteiger charge is -2.05. The minimum Gasteiger partial charge on any atom is -0.198 e. The van der Waals surface area contributed by atoms with Gasteiger partial charge in [0.25, 0.3) is 0 Å². The molecule has 2 unspecified atom stereocenters. The Bertz CT molecular complexity index is 161. The number of nitriles is 2. The van der Waals surface area contributed by atoms with Crippen LogP contribution in [0.3, 0.4) is 0 Å². The van der Waals surface area contributed by atoms with E-state index in [-0.39, 0.29) is 11.8 Å². The summed E-state index contributed by atoms with van der Waals surface area (Å²) in [5, 5.41) is 16.9. The Morgan fingerprint density at radius 2 is 2.00 bits per heavy atom. The molecule has 2 atom stereocenters. The number of hydrogen-bond acceptors (Lipinski definition) is 2. The molecule has 0 aliphatic carbocycles. The zero-order chi connectivity index (χ0) is 7.98. The Hall–Kier alpha value is -1.02. The van der Waals surface area contributed by atoms with Crippen molar-refractivity contribution in [3.63, 3.8) is 0 Å². The molecular weight excluding hydrogens is 124 g/mol. The maximum Gasteiger partial charge on any atom is 0.0656 e. The second kappa shape index (κ2) is 4.82. The van der Waals surface area contributed by atoms with Crippen molar-refractivity contribution in [1.82, 2.24) is 0 Å². The van der Waals surface area contributed by atoms with Gasteiger partial charge >= 0.3 is 0 Å². The molecule has 0 fully saturated rings. The van der Waals surface area contributed by atoms with E-state index in [1.165, 1.54) is 0 Å². The highest BCUT2D eigenvalue weighted by atomic mass is 14.3. The van der Waals surface area contributed by atoms with Crippen LogP contribution in [0, 0.1) is 41.4 Å². The first-order chi connectivity index (χ1) is 4.74. The van der Waals surface area contributed by atoms with Crippen LogP contribution in [0.5, 0.6) is 0 Å². The van der Waals surface area contributed by atoms with Crippen LogP contribution in [-0.4, -0.2) is 0 Å². The highest BCUT2D eigenvalue weighted by Crippen LogP contribution is 2.12. The predicted molar refractivity (Wildman–Crippen MR) is 38.5 cm³/mol. The molecular formula is C8H11N2. The lowest BCUT2D eigenvalue weighted by Crippen LogP contribution is -2.01. The molecule has 0 aliphatic rings. The average molecular weight is 135 g/mol. The first kappa shape index (κ1) is 8.98. The molecule has 0 N–H and O–H groups in total. The average Bonchev–Trinajstić information content (AvgIpc) is 1.99. The first-order valence-corrected chi connectivity index (χ1v) is 3.33. The normalized spacial score (nSPS) is 14.8. The third-order valence-electron chi connectivity index (χ3n) is 1.39.